The molecule has 5 nitrogen and oxygen atoms in total. The summed E-state index contributed by atoms with van der Waals surface area (Å²) in [6, 6.07) is 10.9. The molecule has 128 valence electrons. The molecule has 3 rings (SSSR count). The molecule has 0 aliphatic rings. The first kappa shape index (κ1) is 16.7. The summed E-state index contributed by atoms with van der Waals surface area (Å²) in [6.07, 6.45) is -4.61. The fraction of sp³-hybridized carbons (Fsp3) is 0.118. The number of benzene rings is 2. The highest BCUT2D eigenvalue weighted by molar-refractivity contribution is 6.11. The summed E-state index contributed by atoms with van der Waals surface area (Å²) in [7, 11) is 1.37. The van der Waals surface area contributed by atoms with Crippen molar-refractivity contribution in [2.75, 3.05) is 5.32 Å². The number of rotatable bonds is 2. The van der Waals surface area contributed by atoms with Gasteiger partial charge in [0.15, 0.2) is 5.69 Å². The first-order chi connectivity index (χ1) is 11.8. The van der Waals surface area contributed by atoms with E-state index in [1.165, 1.54) is 31.3 Å². The normalized spacial score (nSPS) is 11.5. The van der Waals surface area contributed by atoms with Crippen molar-refractivity contribution >= 4 is 22.4 Å². The van der Waals surface area contributed by atoms with Gasteiger partial charge in [0.05, 0.1) is 16.6 Å². The number of alkyl halides is 3. The van der Waals surface area contributed by atoms with Gasteiger partial charge >= 0.3 is 6.18 Å². The lowest BCUT2D eigenvalue weighted by atomic mass is 10.1. The molecular formula is C17H12F3N3O2. The summed E-state index contributed by atoms with van der Waals surface area (Å²) >= 11 is 0. The van der Waals surface area contributed by atoms with Gasteiger partial charge in [0, 0.05) is 12.4 Å². The van der Waals surface area contributed by atoms with Crippen LogP contribution in [0.25, 0.3) is 10.8 Å². The van der Waals surface area contributed by atoms with E-state index in [-0.39, 0.29) is 22.2 Å². The molecule has 0 unspecified atom stereocenters. The Morgan fingerprint density at radius 3 is 2.32 bits per heavy atom. The molecule has 0 aliphatic carbocycles. The lowest BCUT2D eigenvalue weighted by molar-refractivity contribution is -0.136. The highest BCUT2D eigenvalue weighted by atomic mass is 19.4. The highest BCUT2D eigenvalue weighted by Crippen LogP contribution is 2.34. The van der Waals surface area contributed by atoms with E-state index in [0.717, 1.165) is 16.8 Å². The van der Waals surface area contributed by atoms with Gasteiger partial charge in [0.25, 0.3) is 11.5 Å². The molecule has 25 heavy (non-hydrogen) atoms. The largest absolute Gasteiger partial charge is 0.418 e. The summed E-state index contributed by atoms with van der Waals surface area (Å²) < 4.78 is 40.2. The monoisotopic (exact) mass is 347 g/mol. The second-order valence-corrected chi connectivity index (χ2v) is 5.32. The average molecular weight is 347 g/mol. The molecule has 0 saturated carbocycles. The molecule has 0 spiro atoms. The molecule has 0 bridgehead atoms. The maximum Gasteiger partial charge on any atom is 0.418 e. The van der Waals surface area contributed by atoms with E-state index in [2.05, 4.69) is 10.4 Å². The van der Waals surface area contributed by atoms with Gasteiger partial charge in [-0.05, 0) is 18.2 Å². The molecular weight excluding hydrogens is 335 g/mol. The topological polar surface area (TPSA) is 64.0 Å². The summed E-state index contributed by atoms with van der Waals surface area (Å²) in [5.74, 6) is -0.830. The van der Waals surface area contributed by atoms with E-state index < -0.39 is 23.2 Å². The lowest BCUT2D eigenvalue weighted by Crippen LogP contribution is -2.26. The molecule has 1 N–H and O–H groups in total. The molecule has 1 amide bonds. The number of hydrogen-bond donors (Lipinski definition) is 1. The minimum absolute atomic E-state index is 0.130. The predicted molar refractivity (Wildman–Crippen MR) is 86.4 cm³/mol. The van der Waals surface area contributed by atoms with Gasteiger partial charge in [-0.3, -0.25) is 9.59 Å². The number of carbonyl (C=O) groups is 1. The minimum Gasteiger partial charge on any atom is -0.320 e. The van der Waals surface area contributed by atoms with Crippen LogP contribution in [0.3, 0.4) is 0 Å². The van der Waals surface area contributed by atoms with Crippen molar-refractivity contribution in [3.05, 3.63) is 70.1 Å². The third-order valence-corrected chi connectivity index (χ3v) is 3.65. The maximum atomic E-state index is 13.1. The fourth-order valence-corrected chi connectivity index (χ4v) is 2.49. The number of aromatic nitrogens is 2. The van der Waals surface area contributed by atoms with Gasteiger partial charge in [-0.2, -0.15) is 18.3 Å². The molecule has 1 heterocycles. The number of para-hydroxylation sites is 1. The van der Waals surface area contributed by atoms with E-state index >= 15 is 0 Å². The lowest BCUT2D eigenvalue weighted by Gasteiger charge is -2.14. The summed E-state index contributed by atoms with van der Waals surface area (Å²) in [5, 5.41) is 6.66. The van der Waals surface area contributed by atoms with Crippen LogP contribution in [0.2, 0.25) is 0 Å². The van der Waals surface area contributed by atoms with E-state index in [1.54, 1.807) is 12.1 Å². The SMILES string of the molecule is Cn1nc(C(=O)Nc2ccccc2C(F)(F)F)c2ccccc2c1=O. The number of fused-ring (bicyclic) bond motifs is 1. The van der Waals surface area contributed by atoms with Crippen LogP contribution in [0, 0.1) is 0 Å². The van der Waals surface area contributed by atoms with Crippen LogP contribution in [-0.2, 0) is 13.2 Å². The summed E-state index contributed by atoms with van der Waals surface area (Å²) in [4.78, 5) is 24.6. The van der Waals surface area contributed by atoms with Gasteiger partial charge in [-0.1, -0.05) is 30.3 Å². The van der Waals surface area contributed by atoms with Crippen molar-refractivity contribution in [2.45, 2.75) is 6.18 Å². The zero-order valence-corrected chi connectivity index (χ0v) is 13.0. The molecule has 8 heteroatoms. The number of halogens is 3. The zero-order valence-electron chi connectivity index (χ0n) is 13.0. The fourth-order valence-electron chi connectivity index (χ4n) is 2.49. The molecule has 0 fully saturated rings. The van der Waals surface area contributed by atoms with Crippen molar-refractivity contribution in [3.63, 3.8) is 0 Å². The van der Waals surface area contributed by atoms with Crippen molar-refractivity contribution in [3.8, 4) is 0 Å². The van der Waals surface area contributed by atoms with Crippen molar-refractivity contribution < 1.29 is 18.0 Å². The van der Waals surface area contributed by atoms with Crippen LogP contribution in [0.4, 0.5) is 18.9 Å². The van der Waals surface area contributed by atoms with E-state index in [0.29, 0.717) is 0 Å². The maximum absolute atomic E-state index is 13.1. The highest BCUT2D eigenvalue weighted by Gasteiger charge is 2.33. The second-order valence-electron chi connectivity index (χ2n) is 5.32. The van der Waals surface area contributed by atoms with Gasteiger partial charge in [-0.15, -0.1) is 0 Å². The Kier molecular flexibility index (Phi) is 4.03. The quantitative estimate of drug-likeness (QED) is 0.774. The molecule has 0 radical (unpaired) electrons. The minimum atomic E-state index is -4.61. The van der Waals surface area contributed by atoms with Crippen LogP contribution < -0.4 is 10.9 Å². The van der Waals surface area contributed by atoms with Gasteiger partial charge in [0.1, 0.15) is 0 Å². The van der Waals surface area contributed by atoms with Crippen molar-refractivity contribution in [1.82, 2.24) is 9.78 Å². The van der Waals surface area contributed by atoms with Crippen LogP contribution in [0.15, 0.2) is 53.3 Å². The zero-order chi connectivity index (χ0) is 18.2. The molecule has 0 aliphatic heterocycles. The Morgan fingerprint density at radius 1 is 1.04 bits per heavy atom. The number of hydrogen-bond acceptors (Lipinski definition) is 3. The summed E-state index contributed by atoms with van der Waals surface area (Å²) in [6.45, 7) is 0. The Balaban J connectivity index is 2.09. The molecule has 2 aromatic carbocycles. The number of carbonyl (C=O) groups excluding carboxylic acids is 1. The summed E-state index contributed by atoms with van der Waals surface area (Å²) in [5.41, 5.74) is -1.87. The Labute approximate surface area is 139 Å². The standard InChI is InChI=1S/C17H12F3N3O2/c1-23-16(25)11-7-3-2-6-10(11)14(22-23)15(24)21-13-9-5-4-8-12(13)17(18,19)20/h2-9H,1H3,(H,21,24). The number of aryl methyl sites for hydroxylation is 1. The second kappa shape index (κ2) is 6.04. The Bertz CT molecular complexity index is 1030. The molecule has 1 aromatic heterocycles. The van der Waals surface area contributed by atoms with Crippen LogP contribution in [0.1, 0.15) is 16.1 Å². The van der Waals surface area contributed by atoms with Crippen LogP contribution in [-0.4, -0.2) is 15.7 Å². The average Bonchev–Trinajstić information content (AvgIpc) is 2.57. The Hall–Kier alpha value is -3.16. The smallest absolute Gasteiger partial charge is 0.320 e. The molecule has 3 aromatic rings. The number of nitrogens with zero attached hydrogens (tertiary/aromatic N) is 2. The first-order valence-corrected chi connectivity index (χ1v) is 7.22. The van der Waals surface area contributed by atoms with E-state index in [4.69, 9.17) is 0 Å². The Morgan fingerprint density at radius 2 is 1.64 bits per heavy atom. The van der Waals surface area contributed by atoms with Crippen LogP contribution >= 0.6 is 0 Å². The van der Waals surface area contributed by atoms with E-state index in [9.17, 15) is 22.8 Å². The first-order valence-electron chi connectivity index (χ1n) is 7.22. The van der Waals surface area contributed by atoms with Crippen molar-refractivity contribution in [2.24, 2.45) is 7.05 Å². The van der Waals surface area contributed by atoms with Crippen LogP contribution in [0.5, 0.6) is 0 Å². The third-order valence-electron chi connectivity index (χ3n) is 3.65. The number of anilines is 1. The molecule has 0 saturated heterocycles. The third kappa shape index (κ3) is 3.10. The van der Waals surface area contributed by atoms with E-state index in [1.807, 2.05) is 0 Å². The number of nitrogens with one attached hydrogen (secondary N) is 1. The van der Waals surface area contributed by atoms with Crippen molar-refractivity contribution in [1.29, 1.82) is 0 Å². The molecule has 0 atom stereocenters. The predicted octanol–water partition coefficient (Wildman–Crippen LogP) is 3.20. The van der Waals surface area contributed by atoms with Gasteiger partial charge in [-0.25, -0.2) is 4.68 Å². The number of amides is 1. The van der Waals surface area contributed by atoms with Gasteiger partial charge in [0.2, 0.25) is 0 Å². The van der Waals surface area contributed by atoms with Gasteiger partial charge < -0.3 is 5.32 Å².